The van der Waals surface area contributed by atoms with Gasteiger partial charge in [-0.2, -0.15) is 0 Å². The van der Waals surface area contributed by atoms with Gasteiger partial charge in [0.1, 0.15) is 17.3 Å². The summed E-state index contributed by atoms with van der Waals surface area (Å²) in [5.41, 5.74) is 1.32. The fourth-order valence-electron chi connectivity index (χ4n) is 4.68. The molecule has 2 heterocycles. The third kappa shape index (κ3) is 5.43. The number of carbonyl (C=O) groups is 2. The number of phenolic OH excluding ortho intramolecular Hbond substituents is 1. The maximum Gasteiger partial charge on any atom is 0.301 e. The number of fused-ring (bicyclic) bond motifs is 1. The van der Waals surface area contributed by atoms with Gasteiger partial charge in [0.25, 0.3) is 5.78 Å². The maximum atomic E-state index is 13.6. The highest BCUT2D eigenvalue weighted by Crippen LogP contribution is 2.46. The highest BCUT2D eigenvalue weighted by atomic mass is 32.1. The molecule has 0 aliphatic carbocycles. The number of carbonyl (C=O) groups excluding carboxylic acids is 2. The summed E-state index contributed by atoms with van der Waals surface area (Å²) in [6, 6.07) is 15.7. The number of benzene rings is 3. The Bertz CT molecular complexity index is 1640. The maximum absolute atomic E-state index is 13.6. The number of aromatic nitrogens is 1. The van der Waals surface area contributed by atoms with Crippen molar-refractivity contribution in [2.75, 3.05) is 24.7 Å². The van der Waals surface area contributed by atoms with Gasteiger partial charge in [0, 0.05) is 5.56 Å². The Kier molecular flexibility index (Phi) is 8.11. The van der Waals surface area contributed by atoms with Crippen LogP contribution in [-0.4, -0.2) is 46.7 Å². The Balaban J connectivity index is 1.69. The predicted molar refractivity (Wildman–Crippen MR) is 157 cm³/mol. The number of aliphatic hydroxyl groups is 1. The Labute approximate surface area is 241 Å². The molecule has 1 fully saturated rings. The summed E-state index contributed by atoms with van der Waals surface area (Å²) < 4.78 is 17.7. The van der Waals surface area contributed by atoms with E-state index in [4.69, 9.17) is 14.2 Å². The van der Waals surface area contributed by atoms with Crippen LogP contribution < -0.4 is 19.1 Å². The number of ether oxygens (including phenoxy) is 3. The van der Waals surface area contributed by atoms with Crippen LogP contribution in [0.5, 0.6) is 23.0 Å². The first-order chi connectivity index (χ1) is 19.9. The molecule has 1 amide bonds. The number of hydrogen-bond donors (Lipinski definition) is 2. The first-order valence-corrected chi connectivity index (χ1v) is 14.2. The van der Waals surface area contributed by atoms with Gasteiger partial charge in [-0.15, -0.1) is 0 Å². The third-order valence-electron chi connectivity index (χ3n) is 6.49. The number of hydrogen-bond acceptors (Lipinski definition) is 9. The molecule has 1 saturated heterocycles. The number of nitrogens with zero attached hydrogens (tertiary/aromatic N) is 2. The summed E-state index contributed by atoms with van der Waals surface area (Å²) >= 11 is 1.23. The number of anilines is 1. The van der Waals surface area contributed by atoms with Gasteiger partial charge in [-0.25, -0.2) is 4.98 Å². The summed E-state index contributed by atoms with van der Waals surface area (Å²) in [6.07, 6.45) is 0.804. The van der Waals surface area contributed by atoms with E-state index < -0.39 is 17.7 Å². The van der Waals surface area contributed by atoms with Crippen molar-refractivity contribution in [3.05, 3.63) is 77.4 Å². The van der Waals surface area contributed by atoms with Crippen molar-refractivity contribution in [3.8, 4) is 23.0 Å². The number of aromatic hydroxyl groups is 1. The zero-order valence-electron chi connectivity index (χ0n) is 22.9. The summed E-state index contributed by atoms with van der Waals surface area (Å²) in [6.45, 7) is 6.94. The van der Waals surface area contributed by atoms with E-state index >= 15 is 0 Å². The lowest BCUT2D eigenvalue weighted by Gasteiger charge is -2.23. The van der Waals surface area contributed by atoms with Crippen molar-refractivity contribution >= 4 is 44.1 Å². The lowest BCUT2D eigenvalue weighted by Crippen LogP contribution is -2.29. The molecule has 3 aromatic carbocycles. The monoisotopic (exact) mass is 574 g/mol. The summed E-state index contributed by atoms with van der Waals surface area (Å²) in [5.74, 6) is -0.727. The molecule has 0 spiro atoms. The zero-order valence-corrected chi connectivity index (χ0v) is 23.7. The highest BCUT2D eigenvalue weighted by molar-refractivity contribution is 7.22. The van der Waals surface area contributed by atoms with Crippen LogP contribution >= 0.6 is 11.3 Å². The standard InChI is InChI=1S/C31H30N2O7S/c1-4-14-40-20-9-7-8-19(15-20)28(35)26-27(18-10-13-23(34)24(16-18)39-6-3)33(30(37)29(26)36)31-32-22-12-11-21(38-5-2)17-25(22)41-31/h7-13,15-17,27,34-35H,4-6,14H2,1-3H3/b28-26+. The van der Waals surface area contributed by atoms with Crippen molar-refractivity contribution in [2.45, 2.75) is 33.2 Å². The van der Waals surface area contributed by atoms with Crippen LogP contribution in [-0.2, 0) is 9.59 Å². The first-order valence-electron chi connectivity index (χ1n) is 13.4. The van der Waals surface area contributed by atoms with Crippen LogP contribution in [0.2, 0.25) is 0 Å². The van der Waals surface area contributed by atoms with Crippen LogP contribution in [0, 0.1) is 0 Å². The van der Waals surface area contributed by atoms with Crippen LogP contribution in [0.3, 0.4) is 0 Å². The number of rotatable bonds is 10. The van der Waals surface area contributed by atoms with Crippen molar-refractivity contribution < 1.29 is 34.0 Å². The average Bonchev–Trinajstić information content (AvgIpc) is 3.50. The molecule has 1 atom stereocenters. The van der Waals surface area contributed by atoms with E-state index in [2.05, 4.69) is 4.98 Å². The fourth-order valence-corrected chi connectivity index (χ4v) is 5.70. The minimum Gasteiger partial charge on any atom is -0.507 e. The first kappa shape index (κ1) is 28.0. The van der Waals surface area contributed by atoms with Crippen molar-refractivity contribution in [1.82, 2.24) is 4.98 Å². The van der Waals surface area contributed by atoms with E-state index in [0.717, 1.165) is 11.1 Å². The SMILES string of the molecule is CCCOc1cccc(/C(O)=C2\C(=O)C(=O)N(c3nc4ccc(OCC)cc4s3)C2c2ccc(O)c(OCC)c2)c1. The molecule has 4 aromatic rings. The third-order valence-corrected chi connectivity index (χ3v) is 7.51. The van der Waals surface area contributed by atoms with Gasteiger partial charge in [0.15, 0.2) is 16.6 Å². The molecule has 1 aliphatic rings. The zero-order chi connectivity index (χ0) is 29.1. The molecule has 10 heteroatoms. The Morgan fingerprint density at radius 1 is 0.951 bits per heavy atom. The van der Waals surface area contributed by atoms with Gasteiger partial charge in [-0.3, -0.25) is 14.5 Å². The molecule has 1 aliphatic heterocycles. The van der Waals surface area contributed by atoms with Gasteiger partial charge in [-0.1, -0.05) is 36.5 Å². The smallest absolute Gasteiger partial charge is 0.301 e. The van der Waals surface area contributed by atoms with Crippen molar-refractivity contribution in [1.29, 1.82) is 0 Å². The highest BCUT2D eigenvalue weighted by Gasteiger charge is 2.48. The summed E-state index contributed by atoms with van der Waals surface area (Å²) in [5, 5.41) is 22.2. The molecule has 0 saturated carbocycles. The Morgan fingerprint density at radius 3 is 2.49 bits per heavy atom. The quantitative estimate of drug-likeness (QED) is 0.130. The van der Waals surface area contributed by atoms with Gasteiger partial charge in [0.2, 0.25) is 0 Å². The topological polar surface area (TPSA) is 118 Å². The van der Waals surface area contributed by atoms with Crippen LogP contribution in [0.4, 0.5) is 5.13 Å². The average molecular weight is 575 g/mol. The minimum atomic E-state index is -1.04. The molecule has 0 bridgehead atoms. The molecule has 2 N–H and O–H groups in total. The summed E-state index contributed by atoms with van der Waals surface area (Å²) in [7, 11) is 0. The molecule has 9 nitrogen and oxygen atoms in total. The molecule has 5 rings (SSSR count). The second-order valence-corrected chi connectivity index (χ2v) is 10.3. The summed E-state index contributed by atoms with van der Waals surface area (Å²) in [4.78, 5) is 33.2. The normalized spacial score (nSPS) is 16.4. The fraction of sp³-hybridized carbons (Fsp3) is 0.258. The second kappa shape index (κ2) is 11.9. The van der Waals surface area contributed by atoms with Gasteiger partial charge in [0.05, 0.1) is 41.7 Å². The molecule has 212 valence electrons. The molecular weight excluding hydrogens is 544 g/mol. The van der Waals surface area contributed by atoms with E-state index in [9.17, 15) is 19.8 Å². The van der Waals surface area contributed by atoms with Crippen molar-refractivity contribution in [3.63, 3.8) is 0 Å². The number of amides is 1. The van der Waals surface area contributed by atoms with Crippen molar-refractivity contribution in [2.24, 2.45) is 0 Å². The largest absolute Gasteiger partial charge is 0.507 e. The number of ketones is 1. The Hall–Kier alpha value is -4.57. The molecule has 41 heavy (non-hydrogen) atoms. The van der Waals surface area contributed by atoms with E-state index in [-0.39, 0.29) is 28.0 Å². The predicted octanol–water partition coefficient (Wildman–Crippen LogP) is 6.21. The number of Topliss-reactive ketones (excluding diaryl/α,β-unsaturated/α-hetero) is 1. The van der Waals surface area contributed by atoms with E-state index in [0.29, 0.717) is 48.0 Å². The van der Waals surface area contributed by atoms with Gasteiger partial charge >= 0.3 is 5.91 Å². The lowest BCUT2D eigenvalue weighted by atomic mass is 9.95. The number of thiazole rings is 1. The number of aliphatic hydroxyl groups excluding tert-OH is 1. The van der Waals surface area contributed by atoms with E-state index in [1.807, 2.05) is 19.9 Å². The molecule has 1 unspecified atom stereocenters. The lowest BCUT2D eigenvalue weighted by molar-refractivity contribution is -0.132. The van der Waals surface area contributed by atoms with Crippen LogP contribution in [0.1, 0.15) is 44.4 Å². The van der Waals surface area contributed by atoms with E-state index in [1.54, 1.807) is 55.5 Å². The van der Waals surface area contributed by atoms with E-state index in [1.165, 1.54) is 22.3 Å². The molecular formula is C31H30N2O7S. The van der Waals surface area contributed by atoms with Gasteiger partial charge in [-0.05, 0) is 68.3 Å². The van der Waals surface area contributed by atoms with Crippen LogP contribution in [0.25, 0.3) is 16.0 Å². The molecule has 1 aromatic heterocycles. The number of phenols is 1. The Morgan fingerprint density at radius 2 is 1.73 bits per heavy atom. The minimum absolute atomic E-state index is 0.0863. The van der Waals surface area contributed by atoms with Crippen LogP contribution in [0.15, 0.2) is 66.2 Å². The van der Waals surface area contributed by atoms with Gasteiger partial charge < -0.3 is 24.4 Å². The molecule has 0 radical (unpaired) electrons. The second-order valence-electron chi connectivity index (χ2n) is 9.26.